The molecule has 6 heteroatoms. The Bertz CT molecular complexity index is 492. The van der Waals surface area contributed by atoms with Crippen molar-refractivity contribution < 1.29 is 9.59 Å². The molecule has 0 aliphatic rings. The molecule has 110 valence electrons. The first-order valence-corrected chi connectivity index (χ1v) is 7.12. The van der Waals surface area contributed by atoms with Gasteiger partial charge in [-0.3, -0.25) is 9.59 Å². The van der Waals surface area contributed by atoms with Crippen LogP contribution in [0.3, 0.4) is 0 Å². The van der Waals surface area contributed by atoms with Crippen LogP contribution in [0.5, 0.6) is 0 Å². The fraction of sp³-hybridized carbons (Fsp3) is 0.429. The van der Waals surface area contributed by atoms with Crippen LogP contribution in [0.25, 0.3) is 0 Å². The van der Waals surface area contributed by atoms with Crippen molar-refractivity contribution in [2.45, 2.75) is 32.7 Å². The number of carbonyl (C=O) groups excluding carboxylic acids is 2. The van der Waals surface area contributed by atoms with Crippen molar-refractivity contribution in [3.05, 3.63) is 33.8 Å². The first-order chi connectivity index (χ1) is 9.38. The number of benzene rings is 1. The van der Waals surface area contributed by atoms with E-state index in [4.69, 9.17) is 23.2 Å². The largest absolute Gasteiger partial charge is 0.356 e. The van der Waals surface area contributed by atoms with Gasteiger partial charge >= 0.3 is 0 Å². The average molecular weight is 317 g/mol. The Hall–Kier alpha value is -1.26. The van der Waals surface area contributed by atoms with Crippen molar-refractivity contribution in [1.29, 1.82) is 0 Å². The van der Waals surface area contributed by atoms with Gasteiger partial charge < -0.3 is 10.6 Å². The third kappa shape index (κ3) is 6.26. The number of rotatable bonds is 6. The lowest BCUT2D eigenvalue weighted by Crippen LogP contribution is -2.36. The van der Waals surface area contributed by atoms with Gasteiger partial charge in [-0.15, -0.1) is 0 Å². The van der Waals surface area contributed by atoms with Crippen LogP contribution in [-0.2, 0) is 16.0 Å². The van der Waals surface area contributed by atoms with Crippen LogP contribution in [0.4, 0.5) is 0 Å². The molecule has 0 saturated carbocycles. The molecule has 1 rings (SSSR count). The summed E-state index contributed by atoms with van der Waals surface area (Å²) < 4.78 is 0. The van der Waals surface area contributed by atoms with Crippen molar-refractivity contribution in [2.24, 2.45) is 0 Å². The van der Waals surface area contributed by atoms with Gasteiger partial charge in [-0.25, -0.2) is 0 Å². The molecule has 0 unspecified atom stereocenters. The molecule has 2 N–H and O–H groups in total. The highest BCUT2D eigenvalue weighted by Crippen LogP contribution is 2.22. The van der Waals surface area contributed by atoms with Crippen LogP contribution < -0.4 is 10.6 Å². The molecule has 1 atom stereocenters. The van der Waals surface area contributed by atoms with Gasteiger partial charge in [0.1, 0.15) is 0 Å². The summed E-state index contributed by atoms with van der Waals surface area (Å²) in [7, 11) is 0. The normalized spacial score (nSPS) is 11.8. The molecule has 4 nitrogen and oxygen atoms in total. The van der Waals surface area contributed by atoms with Crippen LogP contribution in [0.2, 0.25) is 10.0 Å². The maximum Gasteiger partial charge on any atom is 0.221 e. The molecule has 0 aliphatic carbocycles. The molecule has 0 aromatic heterocycles. The minimum absolute atomic E-state index is 0.0431. The molecule has 1 aromatic carbocycles. The smallest absolute Gasteiger partial charge is 0.221 e. The first-order valence-electron chi connectivity index (χ1n) is 6.36. The van der Waals surface area contributed by atoms with Gasteiger partial charge in [0.2, 0.25) is 11.8 Å². The Labute approximate surface area is 128 Å². The van der Waals surface area contributed by atoms with Crippen molar-refractivity contribution in [3.8, 4) is 0 Å². The minimum Gasteiger partial charge on any atom is -0.356 e. The molecule has 0 fully saturated rings. The summed E-state index contributed by atoms with van der Waals surface area (Å²) in [5, 5.41) is 6.62. The molecule has 20 heavy (non-hydrogen) atoms. The zero-order chi connectivity index (χ0) is 15.1. The summed E-state index contributed by atoms with van der Waals surface area (Å²) >= 11 is 11.9. The Balaban J connectivity index is 2.41. The molecular weight excluding hydrogens is 299 g/mol. The van der Waals surface area contributed by atoms with E-state index in [1.165, 1.54) is 6.92 Å². The summed E-state index contributed by atoms with van der Waals surface area (Å²) in [6.07, 6.45) is 0.889. The lowest BCUT2D eigenvalue weighted by molar-refractivity contribution is -0.122. The highest BCUT2D eigenvalue weighted by Gasteiger charge is 2.10. The van der Waals surface area contributed by atoms with Crippen molar-refractivity contribution in [3.63, 3.8) is 0 Å². The Morgan fingerprint density at radius 3 is 2.60 bits per heavy atom. The molecular formula is C14H18Cl2N2O2. The topological polar surface area (TPSA) is 58.2 Å². The van der Waals surface area contributed by atoms with Gasteiger partial charge in [-0.2, -0.15) is 0 Å². The molecule has 0 radical (unpaired) electrons. The molecule has 0 heterocycles. The second-order valence-electron chi connectivity index (χ2n) is 4.64. The van der Waals surface area contributed by atoms with E-state index in [-0.39, 0.29) is 24.3 Å². The van der Waals surface area contributed by atoms with E-state index in [1.54, 1.807) is 12.1 Å². The zero-order valence-corrected chi connectivity index (χ0v) is 13.0. The van der Waals surface area contributed by atoms with E-state index in [2.05, 4.69) is 10.6 Å². The Kier molecular flexibility index (Phi) is 6.82. The van der Waals surface area contributed by atoms with E-state index < -0.39 is 0 Å². The quantitative estimate of drug-likeness (QED) is 0.847. The summed E-state index contributed by atoms with van der Waals surface area (Å²) in [5.41, 5.74) is 0.936. The highest BCUT2D eigenvalue weighted by molar-refractivity contribution is 6.35. The number of nitrogens with one attached hydrogen (secondary N) is 2. The summed E-state index contributed by atoms with van der Waals surface area (Å²) in [6.45, 7) is 3.67. The third-order valence-corrected chi connectivity index (χ3v) is 3.26. The SMILES string of the molecule is CC(=O)NCCC(=O)N[C@@H](C)Cc1ccc(Cl)cc1Cl. The minimum atomic E-state index is -0.140. The maximum atomic E-state index is 11.6. The Morgan fingerprint density at radius 1 is 1.30 bits per heavy atom. The molecule has 1 aromatic rings. The maximum absolute atomic E-state index is 11.6. The van der Waals surface area contributed by atoms with Crippen LogP contribution in [-0.4, -0.2) is 24.4 Å². The van der Waals surface area contributed by atoms with Crippen molar-refractivity contribution >= 4 is 35.0 Å². The standard InChI is InChI=1S/C14H18Cl2N2O2/c1-9(18-14(20)5-6-17-10(2)19)7-11-3-4-12(15)8-13(11)16/h3-4,8-9H,5-7H2,1-2H3,(H,17,19)(H,18,20)/t9-/m0/s1. The number of hydrogen-bond donors (Lipinski definition) is 2. The van der Waals surface area contributed by atoms with E-state index in [1.807, 2.05) is 13.0 Å². The third-order valence-electron chi connectivity index (χ3n) is 2.67. The predicted octanol–water partition coefficient (Wildman–Crippen LogP) is 2.57. The van der Waals surface area contributed by atoms with E-state index in [0.717, 1.165) is 5.56 Å². The van der Waals surface area contributed by atoms with Gasteiger partial charge in [0.15, 0.2) is 0 Å². The fourth-order valence-electron chi connectivity index (χ4n) is 1.77. The molecule has 0 spiro atoms. The Morgan fingerprint density at radius 2 is 2.00 bits per heavy atom. The number of carbonyl (C=O) groups is 2. The second-order valence-corrected chi connectivity index (χ2v) is 5.49. The zero-order valence-electron chi connectivity index (χ0n) is 11.5. The summed E-state index contributed by atoms with van der Waals surface area (Å²) in [6, 6.07) is 5.26. The summed E-state index contributed by atoms with van der Waals surface area (Å²) in [4.78, 5) is 22.3. The van der Waals surface area contributed by atoms with Crippen LogP contribution >= 0.6 is 23.2 Å². The van der Waals surface area contributed by atoms with Crippen LogP contribution in [0.15, 0.2) is 18.2 Å². The van der Waals surface area contributed by atoms with Crippen molar-refractivity contribution in [2.75, 3.05) is 6.54 Å². The first kappa shape index (κ1) is 16.8. The number of hydrogen-bond acceptors (Lipinski definition) is 2. The molecule has 0 bridgehead atoms. The molecule has 0 saturated heterocycles. The predicted molar refractivity (Wildman–Crippen MR) is 81.1 cm³/mol. The fourth-order valence-corrected chi connectivity index (χ4v) is 2.25. The average Bonchev–Trinajstić information content (AvgIpc) is 2.32. The highest BCUT2D eigenvalue weighted by atomic mass is 35.5. The van der Waals surface area contributed by atoms with Crippen LogP contribution in [0, 0.1) is 0 Å². The van der Waals surface area contributed by atoms with Crippen LogP contribution in [0.1, 0.15) is 25.8 Å². The van der Waals surface area contributed by atoms with Gasteiger partial charge in [0.05, 0.1) is 0 Å². The summed E-state index contributed by atoms with van der Waals surface area (Å²) in [5.74, 6) is -0.241. The van der Waals surface area contributed by atoms with Gasteiger partial charge in [-0.05, 0) is 31.0 Å². The number of halogens is 2. The second kappa shape index (κ2) is 8.12. The van der Waals surface area contributed by atoms with E-state index in [0.29, 0.717) is 23.0 Å². The van der Waals surface area contributed by atoms with E-state index in [9.17, 15) is 9.59 Å². The lowest BCUT2D eigenvalue weighted by Gasteiger charge is -2.15. The number of amides is 2. The monoisotopic (exact) mass is 316 g/mol. The van der Waals surface area contributed by atoms with Gasteiger partial charge in [0, 0.05) is 36.0 Å². The lowest BCUT2D eigenvalue weighted by atomic mass is 10.1. The van der Waals surface area contributed by atoms with Gasteiger partial charge in [0.25, 0.3) is 0 Å². The van der Waals surface area contributed by atoms with E-state index >= 15 is 0 Å². The van der Waals surface area contributed by atoms with Crippen molar-refractivity contribution in [1.82, 2.24) is 10.6 Å². The molecule has 2 amide bonds. The van der Waals surface area contributed by atoms with Gasteiger partial charge in [-0.1, -0.05) is 29.3 Å². The molecule has 0 aliphatic heterocycles.